The van der Waals surface area contributed by atoms with Crippen LogP contribution in [0.25, 0.3) is 0 Å². The molecule has 0 aliphatic carbocycles. The first-order chi connectivity index (χ1) is 8.95. The Hall–Kier alpha value is -1.33. The van der Waals surface area contributed by atoms with Crippen molar-refractivity contribution in [2.24, 2.45) is 11.3 Å². The van der Waals surface area contributed by atoms with Crippen LogP contribution in [0.3, 0.4) is 0 Å². The standard InChI is InChI=1S/C17H22FN/c1-17(2,3)15-10-12-19(13-15)11-4-5-14-6-8-16(18)9-7-14/h6-9,15H,10-13H2,1-3H3. The number of likely N-dealkylation sites (tertiary alicyclic amines) is 1. The van der Waals surface area contributed by atoms with Crippen LogP contribution >= 0.6 is 0 Å². The SMILES string of the molecule is CC(C)(C)C1CCN(CC#Cc2ccc(F)cc2)C1. The van der Waals surface area contributed by atoms with E-state index in [0.29, 0.717) is 5.41 Å². The molecular weight excluding hydrogens is 237 g/mol. The maximum absolute atomic E-state index is 12.8. The van der Waals surface area contributed by atoms with Gasteiger partial charge in [-0.3, -0.25) is 4.90 Å². The molecule has 1 heterocycles. The van der Waals surface area contributed by atoms with Gasteiger partial charge in [-0.1, -0.05) is 32.6 Å². The zero-order valence-electron chi connectivity index (χ0n) is 12.0. The van der Waals surface area contributed by atoms with Crippen LogP contribution in [-0.2, 0) is 0 Å². The quantitative estimate of drug-likeness (QED) is 0.697. The van der Waals surface area contributed by atoms with Gasteiger partial charge in [0.1, 0.15) is 5.82 Å². The number of hydrogen-bond acceptors (Lipinski definition) is 1. The van der Waals surface area contributed by atoms with E-state index >= 15 is 0 Å². The summed E-state index contributed by atoms with van der Waals surface area (Å²) >= 11 is 0. The average molecular weight is 259 g/mol. The predicted molar refractivity (Wildman–Crippen MR) is 77.3 cm³/mol. The molecule has 1 aromatic rings. The third kappa shape index (κ3) is 4.08. The molecule has 0 aromatic heterocycles. The Morgan fingerprint density at radius 2 is 1.95 bits per heavy atom. The Morgan fingerprint density at radius 3 is 2.53 bits per heavy atom. The Labute approximate surface area is 115 Å². The van der Waals surface area contributed by atoms with Gasteiger partial charge >= 0.3 is 0 Å². The van der Waals surface area contributed by atoms with E-state index in [1.54, 1.807) is 12.1 Å². The van der Waals surface area contributed by atoms with Gasteiger partial charge in [-0.25, -0.2) is 4.39 Å². The molecule has 0 spiro atoms. The number of rotatable bonds is 1. The zero-order chi connectivity index (χ0) is 13.9. The molecule has 1 unspecified atom stereocenters. The van der Waals surface area contributed by atoms with Crippen LogP contribution in [0.4, 0.5) is 4.39 Å². The molecule has 2 rings (SSSR count). The van der Waals surface area contributed by atoms with Crippen molar-refractivity contribution < 1.29 is 4.39 Å². The molecule has 19 heavy (non-hydrogen) atoms. The van der Waals surface area contributed by atoms with Crippen molar-refractivity contribution in [2.45, 2.75) is 27.2 Å². The summed E-state index contributed by atoms with van der Waals surface area (Å²) in [4.78, 5) is 2.41. The highest BCUT2D eigenvalue weighted by atomic mass is 19.1. The first-order valence-corrected chi connectivity index (χ1v) is 6.92. The summed E-state index contributed by atoms with van der Waals surface area (Å²) in [6, 6.07) is 6.36. The van der Waals surface area contributed by atoms with Gasteiger partial charge in [0.2, 0.25) is 0 Å². The summed E-state index contributed by atoms with van der Waals surface area (Å²) in [6.07, 6.45) is 1.27. The third-order valence-electron chi connectivity index (χ3n) is 3.88. The lowest BCUT2D eigenvalue weighted by Gasteiger charge is -2.26. The van der Waals surface area contributed by atoms with Gasteiger partial charge < -0.3 is 0 Å². The minimum atomic E-state index is -0.210. The monoisotopic (exact) mass is 259 g/mol. The van der Waals surface area contributed by atoms with Crippen molar-refractivity contribution in [2.75, 3.05) is 19.6 Å². The van der Waals surface area contributed by atoms with Crippen LogP contribution in [0.15, 0.2) is 24.3 Å². The maximum atomic E-state index is 12.8. The predicted octanol–water partition coefficient (Wildman–Crippen LogP) is 3.55. The van der Waals surface area contributed by atoms with Gasteiger partial charge in [-0.15, -0.1) is 0 Å². The Bertz CT molecular complexity index is 473. The van der Waals surface area contributed by atoms with Gasteiger partial charge in [0, 0.05) is 12.1 Å². The van der Waals surface area contributed by atoms with E-state index in [2.05, 4.69) is 37.5 Å². The molecule has 0 amide bonds. The van der Waals surface area contributed by atoms with E-state index in [0.717, 1.165) is 31.1 Å². The van der Waals surface area contributed by atoms with E-state index in [-0.39, 0.29) is 5.82 Å². The summed E-state index contributed by atoms with van der Waals surface area (Å²) < 4.78 is 12.8. The first-order valence-electron chi connectivity index (χ1n) is 6.92. The molecule has 1 aliphatic rings. The van der Waals surface area contributed by atoms with Crippen molar-refractivity contribution in [3.8, 4) is 11.8 Å². The zero-order valence-corrected chi connectivity index (χ0v) is 12.0. The molecular formula is C17H22FN. The highest BCUT2D eigenvalue weighted by Gasteiger charge is 2.31. The maximum Gasteiger partial charge on any atom is 0.123 e. The lowest BCUT2D eigenvalue weighted by atomic mass is 9.80. The molecule has 0 bridgehead atoms. The normalized spacial score (nSPS) is 20.1. The summed E-state index contributed by atoms with van der Waals surface area (Å²) in [7, 11) is 0. The molecule has 1 atom stereocenters. The Balaban J connectivity index is 1.86. The van der Waals surface area contributed by atoms with Crippen LogP contribution in [0.1, 0.15) is 32.8 Å². The van der Waals surface area contributed by atoms with E-state index in [1.807, 2.05) is 0 Å². The van der Waals surface area contributed by atoms with Crippen LogP contribution in [0, 0.1) is 29.0 Å². The fraction of sp³-hybridized carbons (Fsp3) is 0.529. The average Bonchev–Trinajstić information content (AvgIpc) is 2.80. The molecule has 1 aromatic carbocycles. The van der Waals surface area contributed by atoms with E-state index < -0.39 is 0 Å². The fourth-order valence-electron chi connectivity index (χ4n) is 2.47. The molecule has 1 saturated heterocycles. The van der Waals surface area contributed by atoms with Gasteiger partial charge in [0.25, 0.3) is 0 Å². The molecule has 1 nitrogen and oxygen atoms in total. The van der Waals surface area contributed by atoms with Gasteiger partial charge in [0.15, 0.2) is 0 Å². The number of halogens is 1. The van der Waals surface area contributed by atoms with Gasteiger partial charge in [-0.05, 0) is 48.6 Å². The molecule has 1 fully saturated rings. The summed E-state index contributed by atoms with van der Waals surface area (Å²) in [5.41, 5.74) is 1.27. The highest BCUT2D eigenvalue weighted by Crippen LogP contribution is 2.33. The van der Waals surface area contributed by atoms with Crippen molar-refractivity contribution >= 4 is 0 Å². The highest BCUT2D eigenvalue weighted by molar-refractivity contribution is 5.34. The van der Waals surface area contributed by atoms with Crippen LogP contribution in [-0.4, -0.2) is 24.5 Å². The van der Waals surface area contributed by atoms with Crippen LogP contribution in [0.2, 0.25) is 0 Å². The van der Waals surface area contributed by atoms with Crippen LogP contribution in [0.5, 0.6) is 0 Å². The summed E-state index contributed by atoms with van der Waals surface area (Å²) in [5, 5.41) is 0. The smallest absolute Gasteiger partial charge is 0.123 e. The van der Waals surface area contributed by atoms with Gasteiger partial charge in [-0.2, -0.15) is 0 Å². The van der Waals surface area contributed by atoms with E-state index in [4.69, 9.17) is 0 Å². The van der Waals surface area contributed by atoms with Crippen molar-refractivity contribution in [3.05, 3.63) is 35.6 Å². The fourth-order valence-corrected chi connectivity index (χ4v) is 2.47. The molecule has 2 heteroatoms. The molecule has 102 valence electrons. The Morgan fingerprint density at radius 1 is 1.26 bits per heavy atom. The topological polar surface area (TPSA) is 3.24 Å². The van der Waals surface area contributed by atoms with Crippen molar-refractivity contribution in [1.29, 1.82) is 0 Å². The lowest BCUT2D eigenvalue weighted by Crippen LogP contribution is -2.26. The summed E-state index contributed by atoms with van der Waals surface area (Å²) in [6.45, 7) is 10.0. The number of benzene rings is 1. The second-order valence-corrected chi connectivity index (χ2v) is 6.40. The lowest BCUT2D eigenvalue weighted by molar-refractivity contribution is 0.237. The largest absolute Gasteiger partial charge is 0.292 e. The molecule has 0 N–H and O–H groups in total. The number of hydrogen-bond donors (Lipinski definition) is 0. The minimum Gasteiger partial charge on any atom is -0.292 e. The van der Waals surface area contributed by atoms with Crippen molar-refractivity contribution in [3.63, 3.8) is 0 Å². The van der Waals surface area contributed by atoms with Crippen molar-refractivity contribution in [1.82, 2.24) is 4.90 Å². The summed E-state index contributed by atoms with van der Waals surface area (Å²) in [5.74, 6) is 6.84. The third-order valence-corrected chi connectivity index (χ3v) is 3.88. The number of nitrogens with zero attached hydrogens (tertiary/aromatic N) is 1. The minimum absolute atomic E-state index is 0.210. The first kappa shape index (κ1) is 14.1. The van der Waals surface area contributed by atoms with E-state index in [1.165, 1.54) is 18.6 Å². The van der Waals surface area contributed by atoms with Gasteiger partial charge in [0.05, 0.1) is 6.54 Å². The molecule has 1 aliphatic heterocycles. The second kappa shape index (κ2) is 5.75. The Kier molecular flexibility index (Phi) is 4.27. The molecule has 0 saturated carbocycles. The second-order valence-electron chi connectivity index (χ2n) is 6.40. The van der Waals surface area contributed by atoms with Crippen LogP contribution < -0.4 is 0 Å². The molecule has 0 radical (unpaired) electrons. The van der Waals surface area contributed by atoms with E-state index in [9.17, 15) is 4.39 Å².